The lowest BCUT2D eigenvalue weighted by atomic mass is 9.81. The molecule has 2 N–H and O–H groups in total. The van der Waals surface area contributed by atoms with Crippen LogP contribution in [0, 0.1) is 5.92 Å². The molecule has 1 aliphatic carbocycles. The lowest BCUT2D eigenvalue weighted by Gasteiger charge is -2.27. The minimum atomic E-state index is 0. The van der Waals surface area contributed by atoms with E-state index in [-0.39, 0.29) is 18.4 Å². The van der Waals surface area contributed by atoms with E-state index in [4.69, 9.17) is 5.73 Å². The van der Waals surface area contributed by atoms with Crippen molar-refractivity contribution in [1.29, 1.82) is 0 Å². The molecule has 0 bridgehead atoms. The zero-order valence-electron chi connectivity index (χ0n) is 11.5. The van der Waals surface area contributed by atoms with Gasteiger partial charge >= 0.3 is 0 Å². The molecule has 3 heteroatoms. The summed E-state index contributed by atoms with van der Waals surface area (Å²) in [6, 6.07) is 8.79. The lowest BCUT2D eigenvalue weighted by molar-refractivity contribution is 0.309. The number of aromatic nitrogens is 1. The summed E-state index contributed by atoms with van der Waals surface area (Å²) in [6.07, 6.45) is 8.91. The Morgan fingerprint density at radius 3 is 2.58 bits per heavy atom. The Morgan fingerprint density at radius 1 is 1.16 bits per heavy atom. The van der Waals surface area contributed by atoms with Crippen molar-refractivity contribution < 1.29 is 0 Å². The van der Waals surface area contributed by atoms with Crippen LogP contribution in [0.5, 0.6) is 0 Å². The fraction of sp³-hybridized carbons (Fsp3) is 0.500. The number of aryl methyl sites for hydroxylation is 1. The number of benzene rings is 1. The highest BCUT2D eigenvalue weighted by Gasteiger charge is 2.24. The zero-order chi connectivity index (χ0) is 12.5. The summed E-state index contributed by atoms with van der Waals surface area (Å²) in [5.41, 5.74) is 9.16. The summed E-state index contributed by atoms with van der Waals surface area (Å²) in [7, 11) is 2.11. The fourth-order valence-electron chi connectivity index (χ4n) is 3.39. The normalized spacial score (nSPS) is 18.2. The fourth-order valence-corrected chi connectivity index (χ4v) is 3.39. The number of hydrogen-bond donors (Lipinski definition) is 1. The molecule has 1 aromatic heterocycles. The van der Waals surface area contributed by atoms with Crippen molar-refractivity contribution in [2.45, 2.75) is 38.1 Å². The molecule has 1 heterocycles. The van der Waals surface area contributed by atoms with Crippen molar-refractivity contribution in [3.8, 4) is 0 Å². The van der Waals surface area contributed by atoms with Crippen LogP contribution < -0.4 is 5.73 Å². The van der Waals surface area contributed by atoms with Crippen LogP contribution in [0.25, 0.3) is 10.9 Å². The van der Waals surface area contributed by atoms with Crippen molar-refractivity contribution in [2.24, 2.45) is 18.7 Å². The van der Waals surface area contributed by atoms with E-state index in [2.05, 4.69) is 42.1 Å². The third-order valence-corrected chi connectivity index (χ3v) is 4.44. The Morgan fingerprint density at radius 2 is 1.84 bits per heavy atom. The quantitative estimate of drug-likeness (QED) is 0.878. The molecule has 1 aliphatic rings. The average Bonchev–Trinajstić information content (AvgIpc) is 2.77. The van der Waals surface area contributed by atoms with Crippen LogP contribution in [0.4, 0.5) is 0 Å². The number of rotatable bonds is 2. The van der Waals surface area contributed by atoms with Crippen LogP contribution in [0.15, 0.2) is 30.5 Å². The molecule has 0 unspecified atom stereocenters. The molecule has 1 aromatic carbocycles. The van der Waals surface area contributed by atoms with Crippen molar-refractivity contribution in [3.05, 3.63) is 36.0 Å². The molecule has 104 valence electrons. The van der Waals surface area contributed by atoms with Crippen LogP contribution in [0.2, 0.25) is 0 Å². The van der Waals surface area contributed by atoms with Gasteiger partial charge in [0.05, 0.1) is 0 Å². The average molecular weight is 279 g/mol. The van der Waals surface area contributed by atoms with Gasteiger partial charge in [-0.1, -0.05) is 37.5 Å². The van der Waals surface area contributed by atoms with Crippen LogP contribution in [0.3, 0.4) is 0 Å². The molecule has 0 saturated heterocycles. The number of para-hydroxylation sites is 1. The zero-order valence-corrected chi connectivity index (χ0v) is 12.3. The Balaban J connectivity index is 0.00000133. The molecule has 0 radical (unpaired) electrons. The summed E-state index contributed by atoms with van der Waals surface area (Å²) >= 11 is 0. The molecule has 2 nitrogen and oxygen atoms in total. The number of nitrogens with zero attached hydrogens (tertiary/aromatic N) is 1. The molecule has 1 fully saturated rings. The van der Waals surface area contributed by atoms with Crippen LogP contribution in [-0.4, -0.2) is 4.57 Å². The Bertz CT molecular complexity index is 541. The minimum Gasteiger partial charge on any atom is -0.350 e. The van der Waals surface area contributed by atoms with E-state index in [0.29, 0.717) is 5.92 Å². The number of nitrogens with two attached hydrogens (primary N) is 1. The molecule has 1 saturated carbocycles. The SMILES string of the molecule is Cl.Cn1cc([C@@H](N)C2CCCCC2)c2ccccc21. The molecule has 0 aliphatic heterocycles. The van der Waals surface area contributed by atoms with Crippen molar-refractivity contribution in [1.82, 2.24) is 4.57 Å². The summed E-state index contributed by atoms with van der Waals surface area (Å²) < 4.78 is 2.20. The van der Waals surface area contributed by atoms with Crippen molar-refractivity contribution >= 4 is 23.3 Å². The predicted molar refractivity (Wildman–Crippen MR) is 83.7 cm³/mol. The maximum Gasteiger partial charge on any atom is 0.0481 e. The molecule has 1 atom stereocenters. The van der Waals surface area contributed by atoms with Gasteiger partial charge in [-0.3, -0.25) is 0 Å². The molecule has 0 amide bonds. The van der Waals surface area contributed by atoms with E-state index < -0.39 is 0 Å². The standard InChI is InChI=1S/C16H22N2.ClH/c1-18-11-14(13-9-5-6-10-15(13)18)16(17)12-7-3-2-4-8-12;/h5-6,9-12,16H,2-4,7-8,17H2,1H3;1H/t16-;/m0./s1. The second-order valence-electron chi connectivity index (χ2n) is 5.64. The van der Waals surface area contributed by atoms with Gasteiger partial charge in [0, 0.05) is 30.2 Å². The molecule has 19 heavy (non-hydrogen) atoms. The first-order valence-electron chi connectivity index (χ1n) is 7.07. The van der Waals surface area contributed by atoms with E-state index in [0.717, 1.165) is 0 Å². The predicted octanol–water partition coefficient (Wildman–Crippen LogP) is 4.18. The number of fused-ring (bicyclic) bond motifs is 1. The monoisotopic (exact) mass is 278 g/mol. The van der Waals surface area contributed by atoms with Gasteiger partial charge in [0.25, 0.3) is 0 Å². The highest BCUT2D eigenvalue weighted by molar-refractivity contribution is 5.85. The second-order valence-corrected chi connectivity index (χ2v) is 5.64. The Hall–Kier alpha value is -0.990. The number of hydrogen-bond acceptors (Lipinski definition) is 1. The van der Waals surface area contributed by atoms with Crippen molar-refractivity contribution in [3.63, 3.8) is 0 Å². The number of halogens is 1. The summed E-state index contributed by atoms with van der Waals surface area (Å²) in [4.78, 5) is 0. The molecule has 2 aromatic rings. The van der Waals surface area contributed by atoms with E-state index in [9.17, 15) is 0 Å². The first-order valence-corrected chi connectivity index (χ1v) is 7.07. The van der Waals surface area contributed by atoms with Gasteiger partial charge in [0.2, 0.25) is 0 Å². The van der Waals surface area contributed by atoms with Gasteiger partial charge in [0.15, 0.2) is 0 Å². The molecular formula is C16H23ClN2. The van der Waals surface area contributed by atoms with Crippen LogP contribution in [0.1, 0.15) is 43.7 Å². The highest BCUT2D eigenvalue weighted by Crippen LogP contribution is 2.36. The van der Waals surface area contributed by atoms with Gasteiger partial charge in [-0.15, -0.1) is 12.4 Å². The van der Waals surface area contributed by atoms with Gasteiger partial charge in [-0.25, -0.2) is 0 Å². The third kappa shape index (κ3) is 2.65. The largest absolute Gasteiger partial charge is 0.350 e. The molecule has 3 rings (SSSR count). The summed E-state index contributed by atoms with van der Waals surface area (Å²) in [5.74, 6) is 0.671. The van der Waals surface area contributed by atoms with Gasteiger partial charge < -0.3 is 10.3 Å². The smallest absolute Gasteiger partial charge is 0.0481 e. The van der Waals surface area contributed by atoms with Crippen LogP contribution >= 0.6 is 12.4 Å². The first kappa shape index (κ1) is 14.4. The second kappa shape index (κ2) is 5.98. The topological polar surface area (TPSA) is 30.9 Å². The van der Waals surface area contributed by atoms with E-state index >= 15 is 0 Å². The maximum atomic E-state index is 6.54. The Kier molecular flexibility index (Phi) is 4.54. The van der Waals surface area contributed by atoms with Gasteiger partial charge in [-0.05, 0) is 30.4 Å². The minimum absolute atomic E-state index is 0. The Labute approximate surface area is 121 Å². The highest BCUT2D eigenvalue weighted by atomic mass is 35.5. The van der Waals surface area contributed by atoms with E-state index in [1.165, 1.54) is 48.6 Å². The molecule has 0 spiro atoms. The van der Waals surface area contributed by atoms with Gasteiger partial charge in [-0.2, -0.15) is 0 Å². The van der Waals surface area contributed by atoms with E-state index in [1.54, 1.807) is 0 Å². The third-order valence-electron chi connectivity index (χ3n) is 4.44. The summed E-state index contributed by atoms with van der Waals surface area (Å²) in [5, 5.41) is 1.33. The lowest BCUT2D eigenvalue weighted by Crippen LogP contribution is -2.23. The molecular weight excluding hydrogens is 256 g/mol. The van der Waals surface area contributed by atoms with Crippen LogP contribution in [-0.2, 0) is 7.05 Å². The maximum absolute atomic E-state index is 6.54. The van der Waals surface area contributed by atoms with Crippen molar-refractivity contribution in [2.75, 3.05) is 0 Å². The van der Waals surface area contributed by atoms with Gasteiger partial charge in [0.1, 0.15) is 0 Å². The first-order chi connectivity index (χ1) is 8.77. The van der Waals surface area contributed by atoms with E-state index in [1.807, 2.05) is 0 Å². The summed E-state index contributed by atoms with van der Waals surface area (Å²) in [6.45, 7) is 0.